The van der Waals surface area contributed by atoms with Crippen LogP contribution < -0.4 is 15.5 Å². The van der Waals surface area contributed by atoms with E-state index in [2.05, 4.69) is 54.8 Å². The number of anilines is 2. The Kier molecular flexibility index (Phi) is 4.48. The monoisotopic (exact) mass is 247 g/mol. The highest BCUT2D eigenvalue weighted by Gasteiger charge is 2.12. The summed E-state index contributed by atoms with van der Waals surface area (Å²) in [5.41, 5.74) is 3.83. The minimum absolute atomic E-state index is 0.628. The van der Waals surface area contributed by atoms with E-state index in [1.54, 1.807) is 0 Å². The van der Waals surface area contributed by atoms with Gasteiger partial charge in [0.05, 0.1) is 0 Å². The van der Waals surface area contributed by atoms with Gasteiger partial charge in [0.1, 0.15) is 0 Å². The second kappa shape index (κ2) is 6.10. The molecule has 0 aliphatic carbocycles. The van der Waals surface area contributed by atoms with Crippen molar-refractivity contribution in [2.45, 2.75) is 32.2 Å². The van der Waals surface area contributed by atoms with Crippen LogP contribution in [0, 0.1) is 6.92 Å². The third kappa shape index (κ3) is 3.39. The fraction of sp³-hybridized carbons (Fsp3) is 0.600. The van der Waals surface area contributed by atoms with Crippen LogP contribution in [0.2, 0.25) is 0 Å². The van der Waals surface area contributed by atoms with E-state index in [1.807, 2.05) is 0 Å². The molecule has 0 radical (unpaired) electrons. The molecular formula is C15H25N3. The summed E-state index contributed by atoms with van der Waals surface area (Å²) in [4.78, 5) is 2.17. The maximum Gasteiger partial charge on any atom is 0.0411 e. The minimum atomic E-state index is 0.628. The van der Waals surface area contributed by atoms with Crippen LogP contribution in [0.1, 0.15) is 24.8 Å². The van der Waals surface area contributed by atoms with Crippen LogP contribution >= 0.6 is 0 Å². The van der Waals surface area contributed by atoms with E-state index >= 15 is 0 Å². The third-order valence-electron chi connectivity index (χ3n) is 3.66. The molecule has 0 saturated carbocycles. The Morgan fingerprint density at radius 2 is 2.17 bits per heavy atom. The molecule has 1 fully saturated rings. The second-order valence-corrected chi connectivity index (χ2v) is 5.42. The van der Waals surface area contributed by atoms with E-state index in [-0.39, 0.29) is 0 Å². The van der Waals surface area contributed by atoms with Gasteiger partial charge in [-0.2, -0.15) is 0 Å². The number of hydrogen-bond acceptors (Lipinski definition) is 3. The zero-order valence-corrected chi connectivity index (χ0v) is 11.8. The van der Waals surface area contributed by atoms with Gasteiger partial charge in [0.15, 0.2) is 0 Å². The quantitative estimate of drug-likeness (QED) is 0.856. The van der Waals surface area contributed by atoms with Gasteiger partial charge in [0, 0.05) is 38.1 Å². The molecule has 1 saturated heterocycles. The van der Waals surface area contributed by atoms with E-state index < -0.39 is 0 Å². The first-order chi connectivity index (χ1) is 8.66. The zero-order valence-electron chi connectivity index (χ0n) is 11.8. The molecule has 1 unspecified atom stereocenters. The molecule has 1 aromatic rings. The lowest BCUT2D eigenvalue weighted by Gasteiger charge is -2.24. The van der Waals surface area contributed by atoms with Crippen LogP contribution in [0.25, 0.3) is 0 Å². The lowest BCUT2D eigenvalue weighted by atomic mass is 10.0. The Morgan fingerprint density at radius 1 is 1.33 bits per heavy atom. The topological polar surface area (TPSA) is 27.3 Å². The number of benzene rings is 1. The molecule has 1 heterocycles. The Morgan fingerprint density at radius 3 is 2.83 bits per heavy atom. The highest BCUT2D eigenvalue weighted by molar-refractivity contribution is 5.61. The van der Waals surface area contributed by atoms with E-state index in [4.69, 9.17) is 0 Å². The van der Waals surface area contributed by atoms with Crippen molar-refractivity contribution in [3.63, 3.8) is 0 Å². The average molecular weight is 247 g/mol. The van der Waals surface area contributed by atoms with Gasteiger partial charge in [-0.15, -0.1) is 0 Å². The molecule has 0 amide bonds. The van der Waals surface area contributed by atoms with Crippen LogP contribution in [0.4, 0.5) is 11.4 Å². The summed E-state index contributed by atoms with van der Waals surface area (Å²) >= 11 is 0. The number of piperidine rings is 1. The first kappa shape index (κ1) is 13.2. The molecule has 2 rings (SSSR count). The number of nitrogens with zero attached hydrogens (tertiary/aromatic N) is 1. The Labute approximate surface area is 111 Å². The molecule has 100 valence electrons. The molecule has 0 spiro atoms. The summed E-state index contributed by atoms with van der Waals surface area (Å²) in [5.74, 6) is 0. The number of hydrogen-bond donors (Lipinski definition) is 2. The zero-order chi connectivity index (χ0) is 13.0. The number of aryl methyl sites for hydroxylation is 1. The van der Waals surface area contributed by atoms with Crippen molar-refractivity contribution in [2.24, 2.45) is 0 Å². The molecule has 3 nitrogen and oxygen atoms in total. The molecule has 18 heavy (non-hydrogen) atoms. The molecule has 2 N–H and O–H groups in total. The highest BCUT2D eigenvalue weighted by atomic mass is 15.1. The molecule has 3 heteroatoms. The standard InChI is InChI=1S/C15H25N3/c1-12-7-8-13(10-15(12)18(2)3)17-11-14-6-4-5-9-16-14/h7-8,10,14,16-17H,4-6,9,11H2,1-3H3. The summed E-state index contributed by atoms with van der Waals surface area (Å²) < 4.78 is 0. The summed E-state index contributed by atoms with van der Waals surface area (Å²) in [6.45, 7) is 4.35. The number of rotatable bonds is 4. The molecule has 1 aliphatic heterocycles. The van der Waals surface area contributed by atoms with Gasteiger partial charge in [-0.25, -0.2) is 0 Å². The smallest absolute Gasteiger partial charge is 0.0411 e. The molecular weight excluding hydrogens is 222 g/mol. The van der Waals surface area contributed by atoms with Crippen molar-refractivity contribution >= 4 is 11.4 Å². The predicted octanol–water partition coefficient (Wildman–Crippen LogP) is 2.62. The van der Waals surface area contributed by atoms with Gasteiger partial charge < -0.3 is 15.5 Å². The van der Waals surface area contributed by atoms with Crippen molar-refractivity contribution in [2.75, 3.05) is 37.4 Å². The first-order valence-corrected chi connectivity index (χ1v) is 6.92. The summed E-state index contributed by atoms with van der Waals surface area (Å²) in [7, 11) is 4.18. The van der Waals surface area contributed by atoms with Gasteiger partial charge in [-0.1, -0.05) is 12.5 Å². The first-order valence-electron chi connectivity index (χ1n) is 6.92. The molecule has 1 atom stereocenters. The maximum absolute atomic E-state index is 3.57. The molecule has 1 aliphatic rings. The SMILES string of the molecule is Cc1ccc(NCC2CCCCN2)cc1N(C)C. The van der Waals surface area contributed by atoms with Crippen LogP contribution in [-0.4, -0.2) is 33.2 Å². The van der Waals surface area contributed by atoms with Crippen molar-refractivity contribution in [1.82, 2.24) is 5.32 Å². The van der Waals surface area contributed by atoms with E-state index in [1.165, 1.54) is 42.7 Å². The lowest BCUT2D eigenvalue weighted by Crippen LogP contribution is -2.39. The highest BCUT2D eigenvalue weighted by Crippen LogP contribution is 2.22. The lowest BCUT2D eigenvalue weighted by molar-refractivity contribution is 0.414. The van der Waals surface area contributed by atoms with Gasteiger partial charge in [0.2, 0.25) is 0 Å². The van der Waals surface area contributed by atoms with Gasteiger partial charge in [-0.05, 0) is 44.0 Å². The predicted molar refractivity (Wildman–Crippen MR) is 79.6 cm³/mol. The fourth-order valence-electron chi connectivity index (χ4n) is 2.54. The summed E-state index contributed by atoms with van der Waals surface area (Å²) in [6, 6.07) is 7.22. The van der Waals surface area contributed by atoms with Crippen LogP contribution in [0.15, 0.2) is 18.2 Å². The Balaban J connectivity index is 1.94. The van der Waals surface area contributed by atoms with Gasteiger partial charge in [0.25, 0.3) is 0 Å². The van der Waals surface area contributed by atoms with Crippen LogP contribution in [0.5, 0.6) is 0 Å². The van der Waals surface area contributed by atoms with E-state index in [0.717, 1.165) is 6.54 Å². The largest absolute Gasteiger partial charge is 0.383 e. The van der Waals surface area contributed by atoms with Gasteiger partial charge >= 0.3 is 0 Å². The van der Waals surface area contributed by atoms with Crippen molar-refractivity contribution in [1.29, 1.82) is 0 Å². The summed E-state index contributed by atoms with van der Waals surface area (Å²) in [6.07, 6.45) is 3.97. The van der Waals surface area contributed by atoms with E-state index in [0.29, 0.717) is 6.04 Å². The number of nitrogens with one attached hydrogen (secondary N) is 2. The normalized spacial score (nSPS) is 19.6. The fourth-order valence-corrected chi connectivity index (χ4v) is 2.54. The van der Waals surface area contributed by atoms with Crippen molar-refractivity contribution in [3.8, 4) is 0 Å². The Hall–Kier alpha value is -1.22. The minimum Gasteiger partial charge on any atom is -0.383 e. The molecule has 0 bridgehead atoms. The Bertz CT molecular complexity index is 381. The molecule has 1 aromatic carbocycles. The third-order valence-corrected chi connectivity index (χ3v) is 3.66. The van der Waals surface area contributed by atoms with Crippen LogP contribution in [0.3, 0.4) is 0 Å². The average Bonchev–Trinajstić information content (AvgIpc) is 2.38. The van der Waals surface area contributed by atoms with Crippen molar-refractivity contribution < 1.29 is 0 Å². The molecule has 0 aromatic heterocycles. The van der Waals surface area contributed by atoms with E-state index in [9.17, 15) is 0 Å². The second-order valence-electron chi connectivity index (χ2n) is 5.42. The maximum atomic E-state index is 3.57. The van der Waals surface area contributed by atoms with Crippen molar-refractivity contribution in [3.05, 3.63) is 23.8 Å². The van der Waals surface area contributed by atoms with Gasteiger partial charge in [-0.3, -0.25) is 0 Å². The summed E-state index contributed by atoms with van der Waals surface area (Å²) in [5, 5.41) is 7.11. The van der Waals surface area contributed by atoms with Crippen LogP contribution in [-0.2, 0) is 0 Å².